The van der Waals surface area contributed by atoms with Crippen molar-refractivity contribution in [3.8, 4) is 5.75 Å². The SMILES string of the molecule is Cc1c(N2CCCC2)ccc2c(ON)cc(=O)n(C3CC3)c12. The second-order valence-electron chi connectivity index (χ2n) is 6.37. The molecule has 1 saturated carbocycles. The van der Waals surface area contributed by atoms with Gasteiger partial charge in [-0.25, -0.2) is 0 Å². The molecule has 0 spiro atoms. The van der Waals surface area contributed by atoms with E-state index in [1.54, 1.807) is 0 Å². The van der Waals surface area contributed by atoms with Gasteiger partial charge in [-0.05, 0) is 50.3 Å². The van der Waals surface area contributed by atoms with E-state index in [4.69, 9.17) is 10.7 Å². The minimum Gasteiger partial charge on any atom is -0.411 e. The minimum absolute atomic E-state index is 0.0166. The van der Waals surface area contributed by atoms with Crippen LogP contribution < -0.4 is 21.2 Å². The fraction of sp³-hybridized carbons (Fsp3) is 0.471. The summed E-state index contributed by atoms with van der Waals surface area (Å²) in [5, 5.41) is 0.925. The number of benzene rings is 1. The highest BCUT2D eigenvalue weighted by molar-refractivity contribution is 5.92. The Bertz CT molecular complexity index is 787. The molecule has 0 bridgehead atoms. The quantitative estimate of drug-likeness (QED) is 0.885. The van der Waals surface area contributed by atoms with Gasteiger partial charge in [0, 0.05) is 36.3 Å². The summed E-state index contributed by atoms with van der Waals surface area (Å²) in [4.78, 5) is 19.9. The summed E-state index contributed by atoms with van der Waals surface area (Å²) in [7, 11) is 0. The highest BCUT2D eigenvalue weighted by atomic mass is 16.6. The molecule has 0 atom stereocenters. The first-order chi connectivity index (χ1) is 10.7. The van der Waals surface area contributed by atoms with Crippen molar-refractivity contribution in [3.05, 3.63) is 34.1 Å². The Labute approximate surface area is 129 Å². The molecule has 5 nitrogen and oxygen atoms in total. The Kier molecular flexibility index (Phi) is 3.11. The van der Waals surface area contributed by atoms with E-state index in [0.29, 0.717) is 11.8 Å². The minimum atomic E-state index is -0.0166. The smallest absolute Gasteiger partial charge is 0.255 e. The summed E-state index contributed by atoms with van der Waals surface area (Å²) in [6.45, 7) is 4.29. The monoisotopic (exact) mass is 299 g/mol. The van der Waals surface area contributed by atoms with Gasteiger partial charge < -0.3 is 14.3 Å². The summed E-state index contributed by atoms with van der Waals surface area (Å²) >= 11 is 0. The average Bonchev–Trinajstić information content (AvgIpc) is 3.21. The van der Waals surface area contributed by atoms with Gasteiger partial charge in [-0.3, -0.25) is 4.79 Å². The second-order valence-corrected chi connectivity index (χ2v) is 6.37. The number of nitrogens with zero attached hydrogens (tertiary/aromatic N) is 2. The molecule has 1 aliphatic heterocycles. The van der Waals surface area contributed by atoms with E-state index in [2.05, 4.69) is 17.9 Å². The van der Waals surface area contributed by atoms with Gasteiger partial charge >= 0.3 is 0 Å². The van der Waals surface area contributed by atoms with Crippen molar-refractivity contribution in [2.75, 3.05) is 18.0 Å². The van der Waals surface area contributed by atoms with Crippen LogP contribution in [0.25, 0.3) is 10.9 Å². The van der Waals surface area contributed by atoms with Crippen LogP contribution >= 0.6 is 0 Å². The Morgan fingerprint density at radius 3 is 2.59 bits per heavy atom. The number of nitrogens with two attached hydrogens (primary N) is 1. The van der Waals surface area contributed by atoms with Gasteiger partial charge in [-0.2, -0.15) is 5.90 Å². The fourth-order valence-corrected chi connectivity index (χ4v) is 3.66. The lowest BCUT2D eigenvalue weighted by Crippen LogP contribution is -2.23. The lowest BCUT2D eigenvalue weighted by Gasteiger charge is -2.23. The predicted octanol–water partition coefficient (Wildman–Crippen LogP) is 2.50. The molecular formula is C17H21N3O2. The molecule has 4 rings (SSSR count). The molecule has 2 heterocycles. The van der Waals surface area contributed by atoms with Gasteiger partial charge in [-0.15, -0.1) is 0 Å². The van der Waals surface area contributed by atoms with E-state index in [1.807, 2.05) is 10.6 Å². The van der Waals surface area contributed by atoms with E-state index in [1.165, 1.54) is 24.6 Å². The molecule has 2 N–H and O–H groups in total. The van der Waals surface area contributed by atoms with Crippen molar-refractivity contribution in [1.82, 2.24) is 4.57 Å². The molecule has 1 aliphatic carbocycles. The molecule has 116 valence electrons. The summed E-state index contributed by atoms with van der Waals surface area (Å²) in [6, 6.07) is 6.01. The number of pyridine rings is 1. The third-order valence-corrected chi connectivity index (χ3v) is 4.89. The summed E-state index contributed by atoms with van der Waals surface area (Å²) in [5.41, 5.74) is 3.35. The lowest BCUT2D eigenvalue weighted by molar-refractivity contribution is 0.337. The molecule has 2 fully saturated rings. The van der Waals surface area contributed by atoms with E-state index < -0.39 is 0 Å². The number of rotatable bonds is 3. The zero-order valence-electron chi connectivity index (χ0n) is 12.8. The van der Waals surface area contributed by atoms with Crippen LogP contribution in [-0.4, -0.2) is 17.7 Å². The molecule has 22 heavy (non-hydrogen) atoms. The number of hydrogen-bond acceptors (Lipinski definition) is 4. The van der Waals surface area contributed by atoms with Crippen LogP contribution in [0.5, 0.6) is 5.75 Å². The van der Waals surface area contributed by atoms with Crippen molar-refractivity contribution >= 4 is 16.6 Å². The number of aromatic nitrogens is 1. The van der Waals surface area contributed by atoms with E-state index in [-0.39, 0.29) is 5.56 Å². The van der Waals surface area contributed by atoms with E-state index in [9.17, 15) is 4.79 Å². The second kappa shape index (κ2) is 5.02. The van der Waals surface area contributed by atoms with Crippen LogP contribution in [0.1, 0.15) is 37.3 Å². The van der Waals surface area contributed by atoms with Gasteiger partial charge in [0.1, 0.15) is 0 Å². The molecule has 0 unspecified atom stereocenters. The van der Waals surface area contributed by atoms with Crippen molar-refractivity contribution in [1.29, 1.82) is 0 Å². The van der Waals surface area contributed by atoms with Crippen molar-refractivity contribution in [3.63, 3.8) is 0 Å². The summed E-state index contributed by atoms with van der Waals surface area (Å²) in [5.74, 6) is 5.84. The first-order valence-corrected chi connectivity index (χ1v) is 8.01. The fourth-order valence-electron chi connectivity index (χ4n) is 3.66. The standard InChI is InChI=1S/C17H21N3O2/c1-11-14(19-8-2-3-9-19)7-6-13-15(22-18)10-16(21)20(17(11)13)12-4-5-12/h6-7,10,12H,2-5,8-9,18H2,1H3. The molecule has 1 aromatic heterocycles. The number of hydrogen-bond donors (Lipinski definition) is 1. The molecule has 2 aromatic rings. The van der Waals surface area contributed by atoms with Crippen LogP contribution in [0.15, 0.2) is 23.0 Å². The Morgan fingerprint density at radius 2 is 1.95 bits per heavy atom. The third kappa shape index (κ3) is 2.00. The molecular weight excluding hydrogens is 278 g/mol. The highest BCUT2D eigenvalue weighted by Gasteiger charge is 2.28. The van der Waals surface area contributed by atoms with Gasteiger partial charge in [0.2, 0.25) is 0 Å². The zero-order valence-corrected chi connectivity index (χ0v) is 12.8. The highest BCUT2D eigenvalue weighted by Crippen LogP contribution is 2.40. The maximum atomic E-state index is 12.5. The summed E-state index contributed by atoms with van der Waals surface area (Å²) in [6.07, 6.45) is 4.62. The molecule has 5 heteroatoms. The van der Waals surface area contributed by atoms with Crippen molar-refractivity contribution in [2.45, 2.75) is 38.6 Å². The molecule has 1 aromatic carbocycles. The van der Waals surface area contributed by atoms with Crippen LogP contribution in [0.3, 0.4) is 0 Å². The maximum absolute atomic E-state index is 12.5. The van der Waals surface area contributed by atoms with Crippen molar-refractivity contribution < 1.29 is 4.84 Å². The zero-order chi connectivity index (χ0) is 15.3. The van der Waals surface area contributed by atoms with Crippen LogP contribution in [-0.2, 0) is 0 Å². The predicted molar refractivity (Wildman–Crippen MR) is 87.5 cm³/mol. The summed E-state index contributed by atoms with van der Waals surface area (Å²) < 4.78 is 1.94. The molecule has 0 radical (unpaired) electrons. The Hall–Kier alpha value is -2.01. The lowest BCUT2D eigenvalue weighted by atomic mass is 10.1. The third-order valence-electron chi connectivity index (χ3n) is 4.89. The van der Waals surface area contributed by atoms with Crippen LogP contribution in [0, 0.1) is 6.92 Å². The maximum Gasteiger partial charge on any atom is 0.255 e. The molecule has 2 aliphatic rings. The molecule has 0 amide bonds. The van der Waals surface area contributed by atoms with Gasteiger partial charge in [0.25, 0.3) is 5.56 Å². The van der Waals surface area contributed by atoms with Gasteiger partial charge in [0.05, 0.1) is 5.52 Å². The van der Waals surface area contributed by atoms with E-state index >= 15 is 0 Å². The number of fused-ring (bicyclic) bond motifs is 1. The van der Waals surface area contributed by atoms with E-state index in [0.717, 1.165) is 42.4 Å². The topological polar surface area (TPSA) is 60.5 Å². The van der Waals surface area contributed by atoms with Crippen molar-refractivity contribution in [2.24, 2.45) is 5.90 Å². The molecule has 1 saturated heterocycles. The normalized spacial score (nSPS) is 18.2. The van der Waals surface area contributed by atoms with Crippen LogP contribution in [0.2, 0.25) is 0 Å². The Balaban J connectivity index is 2.02. The van der Waals surface area contributed by atoms with Gasteiger partial charge in [-0.1, -0.05) is 0 Å². The first kappa shape index (κ1) is 13.6. The first-order valence-electron chi connectivity index (χ1n) is 8.01. The largest absolute Gasteiger partial charge is 0.411 e. The van der Waals surface area contributed by atoms with Crippen LogP contribution in [0.4, 0.5) is 5.69 Å². The number of anilines is 1. The number of aryl methyl sites for hydroxylation is 1. The average molecular weight is 299 g/mol. The Morgan fingerprint density at radius 1 is 1.23 bits per heavy atom. The van der Waals surface area contributed by atoms with Gasteiger partial charge in [0.15, 0.2) is 5.75 Å².